The zero-order valence-corrected chi connectivity index (χ0v) is 64.7. The van der Waals surface area contributed by atoms with Crippen molar-refractivity contribution < 1.29 is 87.7 Å². The molecule has 8 fully saturated rings. The Morgan fingerprint density at radius 3 is 1.02 bits per heavy atom. The summed E-state index contributed by atoms with van der Waals surface area (Å²) in [5.74, 6) is -2.71. The van der Waals surface area contributed by atoms with E-state index in [0.29, 0.717) is 69.2 Å². The number of aliphatic hydroxyl groups is 4. The SMILES string of the molecule is CC(C)C(=O)N1CCCC12C(=O)N(C(C(=O)NCc1ncccn1)[C@@H](C)O)C2C.CC1N(C(C(=O)NCc2ncccn2)[C@@H](C)O)C(=O)C12CCCN2.CC1N([C@H](C(=O)NCc2ncccn2)[C@@H](C)O)C(=O)C12CCCN2C(=O)OC(C)(C)C.CC1N([C@H](C(=O)O)[C@@H](C)O)C(=O)C12CCCN2C(=O)OC(C)(C)C. The van der Waals surface area contributed by atoms with E-state index in [2.05, 4.69) is 51.2 Å². The number of carboxylic acid groups (broad SMARTS) is 1. The smallest absolute Gasteiger partial charge is 0.411 e. The number of carbonyl (C=O) groups excluding carboxylic acids is 10. The van der Waals surface area contributed by atoms with E-state index >= 15 is 0 Å². The van der Waals surface area contributed by atoms with Crippen molar-refractivity contribution >= 4 is 65.4 Å². The van der Waals surface area contributed by atoms with Gasteiger partial charge in [0, 0.05) is 62.7 Å². The molecule has 8 aliphatic rings. The zero-order chi connectivity index (χ0) is 80.1. The van der Waals surface area contributed by atoms with E-state index in [1.807, 2.05) is 27.7 Å². The van der Waals surface area contributed by atoms with Crippen LogP contribution in [0.3, 0.4) is 0 Å². The summed E-state index contributed by atoms with van der Waals surface area (Å²) in [7, 11) is 0. The van der Waals surface area contributed by atoms with Gasteiger partial charge < -0.3 is 80.8 Å². The summed E-state index contributed by atoms with van der Waals surface area (Å²) in [6, 6.07) is -0.770. The van der Waals surface area contributed by atoms with Gasteiger partial charge in [-0.25, -0.2) is 44.3 Å². The van der Waals surface area contributed by atoms with Gasteiger partial charge in [0.05, 0.1) is 68.2 Å². The Morgan fingerprint density at radius 1 is 0.463 bits per heavy atom. The van der Waals surface area contributed by atoms with Crippen LogP contribution in [0.15, 0.2) is 55.4 Å². The third-order valence-electron chi connectivity index (χ3n) is 21.5. The van der Waals surface area contributed by atoms with Gasteiger partial charge in [0.25, 0.3) is 17.7 Å². The van der Waals surface area contributed by atoms with Crippen LogP contribution in [0.1, 0.15) is 180 Å². The maximum Gasteiger partial charge on any atom is 0.411 e. The predicted molar refractivity (Wildman–Crippen MR) is 385 cm³/mol. The molecule has 9 N–H and O–H groups in total. The van der Waals surface area contributed by atoms with Gasteiger partial charge in [0.15, 0.2) is 6.04 Å². The minimum atomic E-state index is -1.32. The number of nitrogens with zero attached hydrogens (tertiary/aromatic N) is 13. The Hall–Kier alpha value is -9.19. The number of ether oxygens (including phenoxy) is 2. The summed E-state index contributed by atoms with van der Waals surface area (Å²) in [5, 5.41) is 61.1. The maximum atomic E-state index is 13.4. The van der Waals surface area contributed by atoms with Gasteiger partial charge in [-0.2, -0.15) is 0 Å². The molecule has 11 heterocycles. The first-order valence-electron chi connectivity index (χ1n) is 37.1. The molecule has 11 rings (SSSR count). The minimum Gasteiger partial charge on any atom is -0.480 e. The van der Waals surface area contributed by atoms with Crippen LogP contribution < -0.4 is 21.3 Å². The minimum absolute atomic E-state index is 0.0541. The summed E-state index contributed by atoms with van der Waals surface area (Å²) in [5.41, 5.74) is -4.94. The average Bonchev–Trinajstić information content (AvgIpc) is 1.41. The highest BCUT2D eigenvalue weighted by molar-refractivity contribution is 6.03. The topological polar surface area (TPSA) is 456 Å². The second kappa shape index (κ2) is 33.7. The summed E-state index contributed by atoms with van der Waals surface area (Å²) in [6.07, 6.45) is 9.35. The first-order chi connectivity index (χ1) is 50.6. The van der Waals surface area contributed by atoms with Gasteiger partial charge in [-0.3, -0.25) is 48.2 Å². The number of nitrogens with one attached hydrogen (secondary N) is 4. The highest BCUT2D eigenvalue weighted by Crippen LogP contribution is 2.49. The fourth-order valence-electron chi connectivity index (χ4n) is 16.4. The summed E-state index contributed by atoms with van der Waals surface area (Å²) < 4.78 is 10.9. The molecule has 0 saturated carbocycles. The molecule has 8 aliphatic heterocycles. The monoisotopic (exact) mass is 1510 g/mol. The fraction of sp³-hybridized carbons (Fsp3) is 0.685. The van der Waals surface area contributed by atoms with Gasteiger partial charge in [0.1, 0.15) is 69.0 Å². The van der Waals surface area contributed by atoms with Crippen LogP contribution in [0, 0.1) is 5.92 Å². The van der Waals surface area contributed by atoms with Gasteiger partial charge in [-0.15, -0.1) is 0 Å². The van der Waals surface area contributed by atoms with E-state index in [1.165, 1.54) is 52.2 Å². The van der Waals surface area contributed by atoms with Crippen LogP contribution in [0.5, 0.6) is 0 Å². The first-order valence-corrected chi connectivity index (χ1v) is 37.1. The summed E-state index contributed by atoms with van der Waals surface area (Å²) in [6.45, 7) is 29.8. The van der Waals surface area contributed by atoms with Gasteiger partial charge in [0.2, 0.25) is 29.5 Å². The number of carbonyl (C=O) groups is 11. The Morgan fingerprint density at radius 2 is 0.759 bits per heavy atom. The molecular weight excluding hydrogens is 1400 g/mol. The molecule has 35 nitrogen and oxygen atoms in total. The van der Waals surface area contributed by atoms with Crippen LogP contribution >= 0.6 is 0 Å². The molecule has 35 heteroatoms. The van der Waals surface area contributed by atoms with Crippen molar-refractivity contribution in [2.24, 2.45) is 5.92 Å². The predicted octanol–water partition coefficient (Wildman–Crippen LogP) is 0.949. The van der Waals surface area contributed by atoms with Crippen molar-refractivity contribution in [3.63, 3.8) is 0 Å². The second-order valence-corrected chi connectivity index (χ2v) is 31.3. The number of β-lactam (4-membered cyclic amide) rings is 4. The van der Waals surface area contributed by atoms with Crippen LogP contribution in [-0.4, -0.2) is 287 Å². The largest absolute Gasteiger partial charge is 0.480 e. The van der Waals surface area contributed by atoms with E-state index in [0.717, 1.165) is 30.7 Å². The molecule has 108 heavy (non-hydrogen) atoms. The van der Waals surface area contributed by atoms with Gasteiger partial charge in [-0.1, -0.05) is 13.8 Å². The molecule has 4 spiro atoms. The van der Waals surface area contributed by atoms with Crippen molar-refractivity contribution in [1.29, 1.82) is 0 Å². The van der Waals surface area contributed by atoms with E-state index in [-0.39, 0.29) is 61.3 Å². The molecule has 3 aromatic heterocycles. The summed E-state index contributed by atoms with van der Waals surface area (Å²) >= 11 is 0. The van der Waals surface area contributed by atoms with Crippen molar-refractivity contribution in [3.05, 3.63) is 72.9 Å². The number of aromatic nitrogens is 6. The highest BCUT2D eigenvalue weighted by Gasteiger charge is 2.71. The second-order valence-electron chi connectivity index (χ2n) is 31.3. The third-order valence-corrected chi connectivity index (χ3v) is 21.5. The Balaban J connectivity index is 0.000000182. The fourth-order valence-corrected chi connectivity index (χ4v) is 16.4. The first kappa shape index (κ1) is 84.4. The lowest BCUT2D eigenvalue weighted by molar-refractivity contribution is -0.188. The zero-order valence-electron chi connectivity index (χ0n) is 64.7. The van der Waals surface area contributed by atoms with Crippen LogP contribution in [-0.2, 0) is 72.3 Å². The summed E-state index contributed by atoms with van der Waals surface area (Å²) in [4.78, 5) is 174. The number of rotatable bonds is 19. The van der Waals surface area contributed by atoms with E-state index in [9.17, 15) is 78.3 Å². The number of aliphatic carboxylic acids is 1. The number of carboxylic acids is 1. The molecule has 0 aromatic carbocycles. The van der Waals surface area contributed by atoms with Crippen molar-refractivity contribution in [2.75, 3.05) is 26.2 Å². The van der Waals surface area contributed by atoms with E-state index in [1.54, 1.807) is 116 Å². The number of hydrogen-bond acceptors (Lipinski definition) is 24. The van der Waals surface area contributed by atoms with Crippen LogP contribution in [0.4, 0.5) is 9.59 Å². The average molecular weight is 1510 g/mol. The maximum absolute atomic E-state index is 13.4. The Labute approximate surface area is 629 Å². The highest BCUT2D eigenvalue weighted by atomic mass is 16.6. The molecule has 10 unspecified atom stereocenters. The number of amides is 10. The van der Waals surface area contributed by atoms with E-state index < -0.39 is 136 Å². The third kappa shape index (κ3) is 16.5. The van der Waals surface area contributed by atoms with Crippen molar-refractivity contribution in [3.8, 4) is 0 Å². The molecule has 0 aliphatic carbocycles. The molecular formula is C73H109N17O18. The standard InChI is InChI=1S/C21H31N5O5.C20H29N5O4.C16H23N5O3.C16H26N2O6/c1-13(27)16(17(28)24-12-15-22-9-7-10-23-15)26-14(2)21(18(26)29)8-6-11-25(21)19(30)31-20(3,4)5;1-12(2)18(28)24-10-5-7-20(24)14(4)25(19(20)29)16(13(3)26)17(27)23-11-15-21-8-6-9-22-15;1-10(22)13(14(23)19-9-12-17-6-4-7-18-12)21-11(2)16(15(21)24)5-3-8-20-16;1-9(19)11(12(20)21)18-10(2)16(13(18)22)7-6-8-17(16)14(23)24-15(3,4)5/h7,9-10,13-14,16,27H,6,8,11-12H2,1-5H3,(H,24,28);6,8-9,12-14,16,26H,5,7,10-11H2,1-4H3,(H,23,27);4,6-7,10-11,13,20,22H,3,5,8-9H2,1-2H3,(H,19,23);9-11,19H,6-8H2,1-5H3,(H,20,21)/t13-,14?,16+,21?;13-,14?,16?,20?;10-,11?,13?,16?;9-,10?,11+,16?/m1111/s1. The van der Waals surface area contributed by atoms with Gasteiger partial charge in [-0.05, 0) is 173 Å². The molecule has 0 radical (unpaired) electrons. The van der Waals surface area contributed by atoms with Crippen molar-refractivity contribution in [1.82, 2.24) is 85.5 Å². The Bertz CT molecular complexity index is 3750. The molecule has 10 amide bonds. The normalized spacial score (nSPS) is 27.1. The molecule has 3 aromatic rings. The lowest BCUT2D eigenvalue weighted by Gasteiger charge is -2.59. The van der Waals surface area contributed by atoms with Crippen molar-refractivity contribution in [2.45, 2.75) is 288 Å². The number of aliphatic hydroxyl groups excluding tert-OH is 4. The number of hydrogen-bond donors (Lipinski definition) is 9. The Kier molecular flexibility index (Phi) is 26.4. The number of likely N-dealkylation sites (tertiary alicyclic amines) is 7. The lowest BCUT2D eigenvalue weighted by Crippen LogP contribution is -2.81. The quantitative estimate of drug-likeness (QED) is 0.0754. The molecule has 16 atom stereocenters. The van der Waals surface area contributed by atoms with Crippen LogP contribution in [0.2, 0.25) is 0 Å². The van der Waals surface area contributed by atoms with Gasteiger partial charge >= 0.3 is 18.2 Å². The van der Waals surface area contributed by atoms with Crippen LogP contribution in [0.25, 0.3) is 0 Å². The molecule has 0 bridgehead atoms. The van der Waals surface area contributed by atoms with E-state index in [4.69, 9.17) is 9.47 Å². The molecule has 594 valence electrons. The molecule has 8 saturated heterocycles. The lowest BCUT2D eigenvalue weighted by atomic mass is 9.75.